The largest absolute Gasteiger partial charge is 0.443 e. The molecule has 0 aromatic heterocycles. The van der Waals surface area contributed by atoms with Crippen molar-refractivity contribution in [3.05, 3.63) is 59.4 Å². The molecule has 80 valence electrons. The predicted octanol–water partition coefficient (Wildman–Crippen LogP) is 1.58. The van der Waals surface area contributed by atoms with Crippen molar-refractivity contribution < 1.29 is 9.41 Å². The van der Waals surface area contributed by atoms with Crippen LogP contribution in [0, 0.1) is 5.82 Å². The van der Waals surface area contributed by atoms with E-state index in [-0.39, 0.29) is 5.82 Å². The van der Waals surface area contributed by atoms with E-state index in [0.717, 1.165) is 0 Å². The van der Waals surface area contributed by atoms with Gasteiger partial charge in [-0.1, -0.05) is 35.9 Å². The zero-order valence-corrected chi connectivity index (χ0v) is 9.16. The predicted molar refractivity (Wildman–Crippen MR) is 65.1 cm³/mol. The normalized spacial score (nSPS) is 10.2. The van der Waals surface area contributed by atoms with Gasteiger partial charge in [0.2, 0.25) is 0 Å². The summed E-state index contributed by atoms with van der Waals surface area (Å²) in [6.07, 6.45) is 0. The number of benzene rings is 2. The van der Waals surface area contributed by atoms with E-state index in [1.165, 1.54) is 12.1 Å². The average molecular weight is 234 g/mol. The molecule has 1 N–H and O–H groups in total. The van der Waals surface area contributed by atoms with Crippen LogP contribution in [0.15, 0.2) is 48.5 Å². The Morgan fingerprint density at radius 1 is 1.00 bits per heavy atom. The third-order valence-corrected chi connectivity index (χ3v) is 2.59. The number of rotatable bonds is 2. The molecule has 0 amide bonds. The van der Waals surface area contributed by atoms with E-state index in [1.807, 2.05) is 0 Å². The first-order valence-corrected chi connectivity index (χ1v) is 5.23. The molecule has 0 aliphatic carbocycles. The fourth-order valence-electron chi connectivity index (χ4n) is 1.51. The number of hydrogen-bond acceptors (Lipinski definition) is 1. The van der Waals surface area contributed by atoms with Crippen molar-refractivity contribution in [2.75, 3.05) is 0 Å². The SMILES string of the molecule is OB(c1ccc(F)cc1)c1cccc(Cl)c1. The van der Waals surface area contributed by atoms with Crippen LogP contribution >= 0.6 is 11.6 Å². The molecule has 16 heavy (non-hydrogen) atoms. The van der Waals surface area contributed by atoms with Gasteiger partial charge in [-0.15, -0.1) is 0 Å². The van der Waals surface area contributed by atoms with Crippen molar-refractivity contribution in [3.8, 4) is 0 Å². The van der Waals surface area contributed by atoms with Crippen molar-refractivity contribution >= 4 is 29.4 Å². The van der Waals surface area contributed by atoms with Crippen LogP contribution in [-0.4, -0.2) is 11.9 Å². The first-order chi connectivity index (χ1) is 7.66. The maximum atomic E-state index is 12.7. The molecule has 0 aliphatic rings. The summed E-state index contributed by atoms with van der Waals surface area (Å²) >= 11 is 5.83. The van der Waals surface area contributed by atoms with Gasteiger partial charge in [0, 0.05) is 5.02 Å². The molecule has 0 fully saturated rings. The number of halogens is 2. The molecule has 0 unspecified atom stereocenters. The van der Waals surface area contributed by atoms with Crippen LogP contribution in [0.1, 0.15) is 0 Å². The summed E-state index contributed by atoms with van der Waals surface area (Å²) in [6, 6.07) is 12.7. The highest BCUT2D eigenvalue weighted by atomic mass is 35.5. The molecule has 0 spiro atoms. The van der Waals surface area contributed by atoms with E-state index < -0.39 is 6.92 Å². The van der Waals surface area contributed by atoms with Gasteiger partial charge in [0.1, 0.15) is 5.82 Å². The third kappa shape index (κ3) is 2.43. The van der Waals surface area contributed by atoms with Gasteiger partial charge in [-0.25, -0.2) is 4.39 Å². The molecular formula is C12H9BClFO. The second-order valence-corrected chi connectivity index (χ2v) is 3.95. The van der Waals surface area contributed by atoms with Gasteiger partial charge in [0.15, 0.2) is 0 Å². The van der Waals surface area contributed by atoms with E-state index in [0.29, 0.717) is 15.9 Å². The van der Waals surface area contributed by atoms with Crippen LogP contribution < -0.4 is 10.9 Å². The molecule has 1 nitrogen and oxygen atoms in total. The zero-order chi connectivity index (χ0) is 11.5. The first-order valence-electron chi connectivity index (χ1n) is 4.86. The Bertz CT molecular complexity index is 487. The van der Waals surface area contributed by atoms with Crippen LogP contribution in [0.3, 0.4) is 0 Å². The van der Waals surface area contributed by atoms with E-state index in [1.54, 1.807) is 36.4 Å². The quantitative estimate of drug-likeness (QED) is 0.782. The second kappa shape index (κ2) is 4.68. The molecule has 0 radical (unpaired) electrons. The Morgan fingerprint density at radius 3 is 2.31 bits per heavy atom. The second-order valence-electron chi connectivity index (χ2n) is 3.51. The first kappa shape index (κ1) is 11.2. The molecule has 0 aliphatic heterocycles. The molecule has 2 aromatic rings. The van der Waals surface area contributed by atoms with Gasteiger partial charge in [-0.2, -0.15) is 0 Å². The summed E-state index contributed by atoms with van der Waals surface area (Å²) in [6.45, 7) is -0.778. The smallest absolute Gasteiger partial charge is 0.359 e. The van der Waals surface area contributed by atoms with E-state index >= 15 is 0 Å². The van der Waals surface area contributed by atoms with Crippen molar-refractivity contribution in [2.45, 2.75) is 0 Å². The summed E-state index contributed by atoms with van der Waals surface area (Å²) in [7, 11) is 0. The van der Waals surface area contributed by atoms with Crippen molar-refractivity contribution in [3.63, 3.8) is 0 Å². The minimum atomic E-state index is -0.778. The molecule has 0 heterocycles. The Balaban J connectivity index is 2.31. The van der Waals surface area contributed by atoms with Crippen molar-refractivity contribution in [2.24, 2.45) is 0 Å². The molecule has 0 atom stereocenters. The molecule has 2 rings (SSSR count). The maximum Gasteiger partial charge on any atom is 0.359 e. The summed E-state index contributed by atoms with van der Waals surface area (Å²) in [5.41, 5.74) is 1.34. The Labute approximate surface area is 98.6 Å². The number of hydrogen-bond donors (Lipinski definition) is 1. The highest BCUT2D eigenvalue weighted by Gasteiger charge is 2.16. The Kier molecular flexibility index (Phi) is 3.27. The van der Waals surface area contributed by atoms with Crippen LogP contribution in [0.25, 0.3) is 0 Å². The minimum Gasteiger partial charge on any atom is -0.443 e. The van der Waals surface area contributed by atoms with Crippen molar-refractivity contribution in [1.82, 2.24) is 0 Å². The van der Waals surface area contributed by atoms with Crippen LogP contribution in [0.5, 0.6) is 0 Å². The lowest BCUT2D eigenvalue weighted by Gasteiger charge is -2.07. The van der Waals surface area contributed by atoms with Crippen LogP contribution in [0.4, 0.5) is 4.39 Å². The van der Waals surface area contributed by atoms with Gasteiger partial charge in [-0.3, -0.25) is 0 Å². The maximum absolute atomic E-state index is 12.7. The lowest BCUT2D eigenvalue weighted by atomic mass is 9.56. The average Bonchev–Trinajstić information content (AvgIpc) is 2.29. The lowest BCUT2D eigenvalue weighted by molar-refractivity contribution is 0.599. The highest BCUT2D eigenvalue weighted by molar-refractivity contribution is 6.79. The Morgan fingerprint density at radius 2 is 1.69 bits per heavy atom. The molecule has 0 bridgehead atoms. The molecule has 2 aromatic carbocycles. The standard InChI is InChI=1S/C12H9BClFO/c14-11-3-1-2-10(8-11)13(16)9-4-6-12(15)7-5-9/h1-8,16H. The Hall–Kier alpha value is -1.32. The molecule has 0 saturated heterocycles. The third-order valence-electron chi connectivity index (χ3n) is 2.35. The van der Waals surface area contributed by atoms with Gasteiger partial charge < -0.3 is 5.02 Å². The van der Waals surface area contributed by atoms with E-state index in [4.69, 9.17) is 11.6 Å². The molecule has 4 heteroatoms. The molecular weight excluding hydrogens is 225 g/mol. The fraction of sp³-hybridized carbons (Fsp3) is 0. The van der Waals surface area contributed by atoms with E-state index in [2.05, 4.69) is 0 Å². The summed E-state index contributed by atoms with van der Waals surface area (Å²) < 4.78 is 12.7. The van der Waals surface area contributed by atoms with Gasteiger partial charge in [0.25, 0.3) is 0 Å². The van der Waals surface area contributed by atoms with Crippen molar-refractivity contribution in [1.29, 1.82) is 0 Å². The molecule has 0 saturated carbocycles. The minimum absolute atomic E-state index is 0.318. The fourth-order valence-corrected chi connectivity index (χ4v) is 1.71. The summed E-state index contributed by atoms with van der Waals surface area (Å²) in [5, 5.41) is 10.6. The van der Waals surface area contributed by atoms with Gasteiger partial charge in [0.05, 0.1) is 0 Å². The summed E-state index contributed by atoms with van der Waals surface area (Å²) in [4.78, 5) is 0. The monoisotopic (exact) mass is 234 g/mol. The lowest BCUT2D eigenvalue weighted by Crippen LogP contribution is -2.42. The van der Waals surface area contributed by atoms with Crippen LogP contribution in [0.2, 0.25) is 5.02 Å². The van der Waals surface area contributed by atoms with Crippen LogP contribution in [-0.2, 0) is 0 Å². The highest BCUT2D eigenvalue weighted by Crippen LogP contribution is 2.04. The topological polar surface area (TPSA) is 20.2 Å². The zero-order valence-electron chi connectivity index (χ0n) is 8.40. The van der Waals surface area contributed by atoms with E-state index in [9.17, 15) is 9.41 Å². The summed E-state index contributed by atoms with van der Waals surface area (Å²) in [5.74, 6) is -0.318. The van der Waals surface area contributed by atoms with Gasteiger partial charge in [-0.05, 0) is 35.2 Å². The van der Waals surface area contributed by atoms with Gasteiger partial charge >= 0.3 is 6.92 Å².